The van der Waals surface area contributed by atoms with Crippen LogP contribution in [0.5, 0.6) is 11.6 Å². The van der Waals surface area contributed by atoms with Gasteiger partial charge in [-0.1, -0.05) is 24.9 Å². The number of ether oxygens (including phenoxy) is 2. The van der Waals surface area contributed by atoms with E-state index in [9.17, 15) is 0 Å². The van der Waals surface area contributed by atoms with E-state index >= 15 is 0 Å². The largest absolute Gasteiger partial charge is 0.489 e. The first-order valence-electron chi connectivity index (χ1n) is 6.47. The molecule has 0 spiro atoms. The second kappa shape index (κ2) is 6.23. The van der Waals surface area contributed by atoms with Gasteiger partial charge >= 0.3 is 0 Å². The first-order chi connectivity index (χ1) is 8.76. The number of rotatable bonds is 4. The molecule has 0 saturated heterocycles. The van der Waals surface area contributed by atoms with E-state index in [1.165, 1.54) is 25.6 Å². The van der Waals surface area contributed by atoms with Crippen molar-refractivity contribution in [3.8, 4) is 11.6 Å². The molecule has 100 valence electrons. The molecule has 4 nitrogen and oxygen atoms in total. The van der Waals surface area contributed by atoms with Crippen LogP contribution in [-0.2, 0) is 0 Å². The molecule has 2 rings (SSSR count). The summed E-state index contributed by atoms with van der Waals surface area (Å²) >= 11 is 5.96. The van der Waals surface area contributed by atoms with Crippen molar-refractivity contribution in [3.63, 3.8) is 0 Å². The van der Waals surface area contributed by atoms with E-state index < -0.39 is 0 Å². The fraction of sp³-hybridized carbons (Fsp3) is 0.692. The van der Waals surface area contributed by atoms with Crippen LogP contribution in [-0.4, -0.2) is 23.2 Å². The third kappa shape index (κ3) is 2.86. The summed E-state index contributed by atoms with van der Waals surface area (Å²) in [7, 11) is 1.55. The average Bonchev–Trinajstić information content (AvgIpc) is 2.40. The van der Waals surface area contributed by atoms with Gasteiger partial charge in [-0.15, -0.1) is 0 Å². The van der Waals surface area contributed by atoms with Gasteiger partial charge in [0, 0.05) is 0 Å². The monoisotopic (exact) mass is 270 g/mol. The second-order valence-electron chi connectivity index (χ2n) is 4.61. The third-order valence-electron chi connectivity index (χ3n) is 3.56. The number of hydrogen-bond acceptors (Lipinski definition) is 4. The lowest BCUT2D eigenvalue weighted by atomic mass is 9.85. The highest BCUT2D eigenvalue weighted by Gasteiger charge is 2.27. The van der Waals surface area contributed by atoms with Gasteiger partial charge in [-0.25, -0.2) is 4.98 Å². The van der Waals surface area contributed by atoms with Crippen LogP contribution < -0.4 is 9.47 Å². The van der Waals surface area contributed by atoms with Crippen LogP contribution in [0.25, 0.3) is 0 Å². The van der Waals surface area contributed by atoms with Crippen LogP contribution in [0.2, 0.25) is 5.15 Å². The smallest absolute Gasteiger partial charge is 0.262 e. The summed E-state index contributed by atoms with van der Waals surface area (Å²) in [6, 6.07) is 0. The summed E-state index contributed by atoms with van der Waals surface area (Å²) < 4.78 is 11.2. The molecule has 2 atom stereocenters. The van der Waals surface area contributed by atoms with Crippen LogP contribution >= 0.6 is 11.6 Å². The third-order valence-corrected chi connectivity index (χ3v) is 3.83. The Balaban J connectivity index is 2.15. The van der Waals surface area contributed by atoms with Gasteiger partial charge in [0.15, 0.2) is 5.15 Å². The average molecular weight is 271 g/mol. The van der Waals surface area contributed by atoms with Gasteiger partial charge < -0.3 is 9.47 Å². The van der Waals surface area contributed by atoms with Gasteiger partial charge in [0.1, 0.15) is 12.4 Å². The number of halogens is 1. The zero-order valence-corrected chi connectivity index (χ0v) is 11.6. The van der Waals surface area contributed by atoms with Gasteiger partial charge in [0.25, 0.3) is 5.88 Å². The Kier molecular flexibility index (Phi) is 4.64. The molecule has 0 aromatic carbocycles. The van der Waals surface area contributed by atoms with Crippen molar-refractivity contribution >= 4 is 11.6 Å². The highest BCUT2D eigenvalue weighted by Crippen LogP contribution is 2.35. The molecule has 18 heavy (non-hydrogen) atoms. The van der Waals surface area contributed by atoms with Crippen molar-refractivity contribution in [2.75, 3.05) is 7.11 Å². The molecule has 0 N–H and O–H groups in total. The van der Waals surface area contributed by atoms with E-state index in [4.69, 9.17) is 21.1 Å². The zero-order chi connectivity index (χ0) is 13.0. The second-order valence-corrected chi connectivity index (χ2v) is 4.97. The molecule has 0 radical (unpaired) electrons. The summed E-state index contributed by atoms with van der Waals surface area (Å²) in [6.45, 7) is 2.20. The van der Waals surface area contributed by atoms with Crippen LogP contribution in [0.15, 0.2) is 6.33 Å². The maximum atomic E-state index is 6.00. The molecule has 0 amide bonds. The highest BCUT2D eigenvalue weighted by molar-refractivity contribution is 6.31. The van der Waals surface area contributed by atoms with E-state index in [0.29, 0.717) is 22.7 Å². The lowest BCUT2D eigenvalue weighted by molar-refractivity contribution is 0.0823. The van der Waals surface area contributed by atoms with Gasteiger partial charge in [-0.2, -0.15) is 4.98 Å². The minimum absolute atomic E-state index is 0.212. The molecule has 1 aromatic rings. The molecule has 5 heteroatoms. The van der Waals surface area contributed by atoms with Crippen molar-refractivity contribution in [1.29, 1.82) is 0 Å². The molecule has 0 aliphatic heterocycles. The standard InChI is InChI=1S/C13H19ClN2O2/c1-3-9-6-4-5-7-10(9)18-13-11(17-2)12(14)15-8-16-13/h8-10H,3-7H2,1-2H3. The van der Waals surface area contributed by atoms with E-state index in [1.807, 2.05) is 0 Å². The predicted molar refractivity (Wildman–Crippen MR) is 70.3 cm³/mol. The van der Waals surface area contributed by atoms with Gasteiger partial charge in [-0.05, 0) is 31.6 Å². The molecular weight excluding hydrogens is 252 g/mol. The Morgan fingerprint density at radius 1 is 1.33 bits per heavy atom. The highest BCUT2D eigenvalue weighted by atomic mass is 35.5. The molecule has 1 aliphatic carbocycles. The summed E-state index contributed by atoms with van der Waals surface area (Å²) in [5, 5.41) is 0.298. The van der Waals surface area contributed by atoms with Gasteiger partial charge in [-0.3, -0.25) is 0 Å². The summed E-state index contributed by atoms with van der Waals surface area (Å²) in [4.78, 5) is 8.02. The molecular formula is C13H19ClN2O2. The normalized spacial score (nSPS) is 23.7. The van der Waals surface area contributed by atoms with Crippen LogP contribution in [0.3, 0.4) is 0 Å². The van der Waals surface area contributed by atoms with Crippen LogP contribution in [0.1, 0.15) is 39.0 Å². The van der Waals surface area contributed by atoms with Crippen molar-refractivity contribution in [2.24, 2.45) is 5.92 Å². The molecule has 1 aliphatic rings. The minimum Gasteiger partial charge on any atom is -0.489 e. The number of hydrogen-bond donors (Lipinski definition) is 0. The van der Waals surface area contributed by atoms with Crippen molar-refractivity contribution in [1.82, 2.24) is 9.97 Å². The first-order valence-corrected chi connectivity index (χ1v) is 6.85. The van der Waals surface area contributed by atoms with Gasteiger partial charge in [0.2, 0.25) is 5.75 Å². The quantitative estimate of drug-likeness (QED) is 0.786. The molecule has 2 unspecified atom stereocenters. The SMILES string of the molecule is CCC1CCCCC1Oc1ncnc(Cl)c1OC. The summed E-state index contributed by atoms with van der Waals surface area (Å²) in [6.07, 6.45) is 7.55. The lowest BCUT2D eigenvalue weighted by Crippen LogP contribution is -2.30. The molecule has 0 bridgehead atoms. The van der Waals surface area contributed by atoms with Crippen LogP contribution in [0.4, 0.5) is 0 Å². The van der Waals surface area contributed by atoms with E-state index in [-0.39, 0.29) is 6.10 Å². The topological polar surface area (TPSA) is 44.2 Å². The zero-order valence-electron chi connectivity index (χ0n) is 10.9. The predicted octanol–water partition coefficient (Wildman–Crippen LogP) is 3.49. The minimum atomic E-state index is 0.212. The molecule has 1 heterocycles. The number of nitrogens with zero attached hydrogens (tertiary/aromatic N) is 2. The maximum absolute atomic E-state index is 6.00. The Morgan fingerprint density at radius 3 is 2.83 bits per heavy atom. The summed E-state index contributed by atoms with van der Waals surface area (Å²) in [5.41, 5.74) is 0. The number of aromatic nitrogens is 2. The lowest BCUT2D eigenvalue weighted by Gasteiger charge is -2.31. The summed E-state index contributed by atoms with van der Waals surface area (Å²) in [5.74, 6) is 1.49. The first kappa shape index (κ1) is 13.4. The number of methoxy groups -OCH3 is 1. The fourth-order valence-electron chi connectivity index (χ4n) is 2.53. The van der Waals surface area contributed by atoms with Crippen molar-refractivity contribution in [3.05, 3.63) is 11.5 Å². The Morgan fingerprint density at radius 2 is 2.11 bits per heavy atom. The fourth-order valence-corrected chi connectivity index (χ4v) is 2.73. The van der Waals surface area contributed by atoms with Crippen LogP contribution in [0, 0.1) is 5.92 Å². The molecule has 1 fully saturated rings. The Bertz CT molecular complexity index is 401. The van der Waals surface area contributed by atoms with Crippen molar-refractivity contribution < 1.29 is 9.47 Å². The van der Waals surface area contributed by atoms with E-state index in [1.54, 1.807) is 7.11 Å². The van der Waals surface area contributed by atoms with Gasteiger partial charge in [0.05, 0.1) is 7.11 Å². The molecule has 1 saturated carbocycles. The Labute approximate surface area is 113 Å². The molecule has 1 aromatic heterocycles. The van der Waals surface area contributed by atoms with Crippen molar-refractivity contribution in [2.45, 2.75) is 45.1 Å². The Hall–Kier alpha value is -1.03. The van der Waals surface area contributed by atoms with E-state index in [0.717, 1.165) is 12.8 Å². The van der Waals surface area contributed by atoms with E-state index in [2.05, 4.69) is 16.9 Å². The maximum Gasteiger partial charge on any atom is 0.262 e.